The molecule has 0 radical (unpaired) electrons. The monoisotopic (exact) mass is 576 g/mol. The van der Waals surface area contributed by atoms with Gasteiger partial charge in [-0.05, 0) is 55.5 Å². The van der Waals surface area contributed by atoms with Crippen molar-refractivity contribution in [2.24, 2.45) is 11.7 Å². The zero-order valence-corrected chi connectivity index (χ0v) is 24.6. The molecule has 2 aromatic carbocycles. The Hall–Kier alpha value is -3.56. The number of hydrogen-bond donors (Lipinski definition) is 3. The number of rotatable bonds is 14. The highest BCUT2D eigenvalue weighted by Crippen LogP contribution is 2.41. The third-order valence-corrected chi connectivity index (χ3v) is 8.96. The van der Waals surface area contributed by atoms with Crippen LogP contribution in [0.15, 0.2) is 48.7 Å². The quantitative estimate of drug-likeness (QED) is 0.246. The summed E-state index contributed by atoms with van der Waals surface area (Å²) in [6, 6.07) is 13.3. The predicted molar refractivity (Wildman–Crippen MR) is 163 cm³/mol. The summed E-state index contributed by atoms with van der Waals surface area (Å²) in [4.78, 5) is 30.6. The number of carboxylic acid groups (broad SMARTS) is 1. The van der Waals surface area contributed by atoms with Crippen molar-refractivity contribution in [3.8, 4) is 11.6 Å². The lowest BCUT2D eigenvalue weighted by atomic mass is 9.83. The number of unbranched alkanes of at least 4 members (excludes halogenated alkanes) is 2. The molecule has 3 aromatic rings. The highest BCUT2D eigenvalue weighted by molar-refractivity contribution is 5.87. The molecule has 3 atom stereocenters. The fourth-order valence-corrected chi connectivity index (χ4v) is 6.70. The third kappa shape index (κ3) is 6.42. The number of carbonyl (C=O) groups is 2. The number of aliphatic carboxylic acids is 1. The molecule has 5 rings (SSSR count). The summed E-state index contributed by atoms with van der Waals surface area (Å²) in [5, 5.41) is 23.2. The summed E-state index contributed by atoms with van der Waals surface area (Å²) in [7, 11) is 0. The number of hydrogen-bond acceptors (Lipinski definition) is 6. The molecule has 2 aliphatic heterocycles. The minimum absolute atomic E-state index is 0.0344. The predicted octanol–water partition coefficient (Wildman–Crippen LogP) is 4.21. The number of ether oxygens (including phenoxy) is 1. The largest absolute Gasteiger partial charge is 0.494 e. The average molecular weight is 577 g/mol. The summed E-state index contributed by atoms with van der Waals surface area (Å²) in [6.45, 7) is 5.81. The number of carboxylic acids is 1. The first kappa shape index (κ1) is 29.9. The van der Waals surface area contributed by atoms with E-state index in [4.69, 9.17) is 10.5 Å². The van der Waals surface area contributed by atoms with Gasteiger partial charge in [0.05, 0.1) is 19.1 Å². The fraction of sp³-hybridized carbons (Fsp3) is 0.515. The summed E-state index contributed by atoms with van der Waals surface area (Å²) in [6.07, 6.45) is 6.85. The molecule has 0 saturated carbocycles. The maximum atomic E-state index is 13.7. The topological polar surface area (TPSA) is 121 Å². The SMILES string of the molecule is CCCCN(CCCCN)C(=O)CN1C[C@H](c2ccc3c(c2)CCO3)C(C(=O)O)[C@@H]1CCn1cc2ccccc2c1O. The summed E-state index contributed by atoms with van der Waals surface area (Å²) in [5.74, 6) is -0.724. The number of aromatic hydroxyl groups is 1. The normalized spacial score (nSPS) is 20.1. The molecule has 0 aliphatic carbocycles. The molecule has 1 saturated heterocycles. The van der Waals surface area contributed by atoms with Crippen LogP contribution in [0.2, 0.25) is 0 Å². The van der Waals surface area contributed by atoms with Crippen molar-refractivity contribution in [1.82, 2.24) is 14.4 Å². The Bertz CT molecular complexity index is 1390. The molecular formula is C33H44N4O5. The van der Waals surface area contributed by atoms with Gasteiger partial charge in [-0.25, -0.2) is 0 Å². The molecule has 9 nitrogen and oxygen atoms in total. The highest BCUT2D eigenvalue weighted by atomic mass is 16.5. The van der Waals surface area contributed by atoms with Crippen LogP contribution in [0.5, 0.6) is 11.6 Å². The van der Waals surface area contributed by atoms with Crippen molar-refractivity contribution in [2.45, 2.75) is 64.0 Å². The zero-order chi connectivity index (χ0) is 29.6. The number of aryl methyl sites for hydroxylation is 1. The van der Waals surface area contributed by atoms with Gasteiger partial charge >= 0.3 is 5.97 Å². The lowest BCUT2D eigenvalue weighted by molar-refractivity contribution is -0.144. The van der Waals surface area contributed by atoms with Gasteiger partial charge in [-0.15, -0.1) is 0 Å². The van der Waals surface area contributed by atoms with Gasteiger partial charge in [0.15, 0.2) is 5.88 Å². The number of nitrogens with two attached hydrogens (primary N) is 1. The second kappa shape index (κ2) is 13.6. The smallest absolute Gasteiger partial charge is 0.308 e. The number of nitrogens with zero attached hydrogens (tertiary/aromatic N) is 3. The van der Waals surface area contributed by atoms with Crippen LogP contribution in [0.4, 0.5) is 0 Å². The number of likely N-dealkylation sites (tertiary alicyclic amines) is 1. The Morgan fingerprint density at radius 1 is 1.12 bits per heavy atom. The number of benzene rings is 2. The van der Waals surface area contributed by atoms with Crippen LogP contribution in [-0.4, -0.2) is 81.8 Å². The Labute approximate surface area is 247 Å². The van der Waals surface area contributed by atoms with Crippen molar-refractivity contribution >= 4 is 22.6 Å². The van der Waals surface area contributed by atoms with Crippen LogP contribution in [0.1, 0.15) is 56.1 Å². The number of fused-ring (bicyclic) bond motifs is 2. The van der Waals surface area contributed by atoms with Crippen LogP contribution in [0.3, 0.4) is 0 Å². The van der Waals surface area contributed by atoms with Gasteiger partial charge in [-0.3, -0.25) is 14.5 Å². The van der Waals surface area contributed by atoms with Gasteiger partial charge in [-0.1, -0.05) is 43.7 Å². The molecule has 9 heteroatoms. The molecule has 2 aliphatic rings. The molecule has 1 aromatic heterocycles. The molecule has 3 heterocycles. The maximum absolute atomic E-state index is 13.7. The fourth-order valence-electron chi connectivity index (χ4n) is 6.70. The summed E-state index contributed by atoms with van der Waals surface area (Å²) >= 11 is 0. The molecule has 0 bridgehead atoms. The second-order valence-corrected chi connectivity index (χ2v) is 11.7. The molecule has 0 spiro atoms. The van der Waals surface area contributed by atoms with E-state index in [9.17, 15) is 19.8 Å². The Morgan fingerprint density at radius 3 is 2.69 bits per heavy atom. The Balaban J connectivity index is 1.42. The molecular weight excluding hydrogens is 532 g/mol. The lowest BCUT2D eigenvalue weighted by Crippen LogP contribution is -2.45. The van der Waals surface area contributed by atoms with Crippen LogP contribution in [0.25, 0.3) is 10.8 Å². The van der Waals surface area contributed by atoms with E-state index >= 15 is 0 Å². The molecule has 226 valence electrons. The summed E-state index contributed by atoms with van der Waals surface area (Å²) in [5.41, 5.74) is 7.80. The first-order chi connectivity index (χ1) is 20.4. The van der Waals surface area contributed by atoms with E-state index in [0.717, 1.165) is 59.8 Å². The van der Waals surface area contributed by atoms with Crippen molar-refractivity contribution < 1.29 is 24.5 Å². The molecule has 1 unspecified atom stereocenters. The van der Waals surface area contributed by atoms with Crippen molar-refractivity contribution in [3.05, 3.63) is 59.8 Å². The van der Waals surface area contributed by atoms with Crippen LogP contribution >= 0.6 is 0 Å². The third-order valence-electron chi connectivity index (χ3n) is 8.96. The number of carbonyl (C=O) groups excluding carboxylic acids is 1. The van der Waals surface area contributed by atoms with E-state index in [1.165, 1.54) is 0 Å². The first-order valence-corrected chi connectivity index (χ1v) is 15.4. The average Bonchev–Trinajstić information content (AvgIpc) is 3.69. The van der Waals surface area contributed by atoms with E-state index in [-0.39, 0.29) is 30.3 Å². The molecule has 1 fully saturated rings. The Morgan fingerprint density at radius 2 is 1.93 bits per heavy atom. The van der Waals surface area contributed by atoms with Crippen molar-refractivity contribution in [1.29, 1.82) is 0 Å². The van der Waals surface area contributed by atoms with Gasteiger partial charge < -0.3 is 30.2 Å². The van der Waals surface area contributed by atoms with E-state index in [2.05, 4.69) is 17.9 Å². The van der Waals surface area contributed by atoms with E-state index in [0.29, 0.717) is 45.8 Å². The number of aromatic nitrogens is 1. The van der Waals surface area contributed by atoms with Crippen molar-refractivity contribution in [2.75, 3.05) is 39.3 Å². The maximum Gasteiger partial charge on any atom is 0.308 e. The van der Waals surface area contributed by atoms with Crippen LogP contribution < -0.4 is 10.5 Å². The molecule has 1 amide bonds. The van der Waals surface area contributed by atoms with Gasteiger partial charge in [0.2, 0.25) is 5.91 Å². The molecule has 4 N–H and O–H groups in total. The first-order valence-electron chi connectivity index (χ1n) is 15.4. The second-order valence-electron chi connectivity index (χ2n) is 11.7. The van der Waals surface area contributed by atoms with Gasteiger partial charge in [0.25, 0.3) is 0 Å². The standard InChI is InChI=1S/C33H44N4O5/c1-2-3-15-35(16-7-6-14-34)30(38)22-37-21-27(23-10-11-29-24(19-23)13-18-42-29)31(33(40)41)28(37)12-17-36-20-25-8-4-5-9-26(25)32(36)39/h4-5,8-11,19-20,27-28,31,39H,2-3,6-7,12-18,21-22,34H2,1H3,(H,40,41)/t27-,28+,31?/m1/s1. The summed E-state index contributed by atoms with van der Waals surface area (Å²) < 4.78 is 7.49. The van der Waals surface area contributed by atoms with Gasteiger partial charge in [0, 0.05) is 61.5 Å². The van der Waals surface area contributed by atoms with E-state index < -0.39 is 11.9 Å². The minimum Gasteiger partial charge on any atom is -0.494 e. The Kier molecular flexibility index (Phi) is 9.69. The highest BCUT2D eigenvalue weighted by Gasteiger charge is 2.47. The zero-order valence-electron chi connectivity index (χ0n) is 24.6. The number of amides is 1. The van der Waals surface area contributed by atoms with E-state index in [1.807, 2.05) is 47.5 Å². The lowest BCUT2D eigenvalue weighted by Gasteiger charge is -2.30. The van der Waals surface area contributed by atoms with Gasteiger partial charge in [0.1, 0.15) is 5.75 Å². The van der Waals surface area contributed by atoms with Crippen molar-refractivity contribution in [3.63, 3.8) is 0 Å². The minimum atomic E-state index is -0.857. The van der Waals surface area contributed by atoms with E-state index in [1.54, 1.807) is 4.57 Å². The van der Waals surface area contributed by atoms with Gasteiger partial charge in [-0.2, -0.15) is 0 Å². The molecule has 42 heavy (non-hydrogen) atoms. The van der Waals surface area contributed by atoms with Crippen LogP contribution in [-0.2, 0) is 22.6 Å². The van der Waals surface area contributed by atoms with Crippen LogP contribution in [0, 0.1) is 5.92 Å².